The average Bonchev–Trinajstić information content (AvgIpc) is 2.87. The van der Waals surface area contributed by atoms with Gasteiger partial charge in [-0.15, -0.1) is 0 Å². The predicted molar refractivity (Wildman–Crippen MR) is 146 cm³/mol. The van der Waals surface area contributed by atoms with Crippen molar-refractivity contribution in [2.75, 3.05) is 58.9 Å². The third kappa shape index (κ3) is 5.30. The van der Waals surface area contributed by atoms with Gasteiger partial charge in [0.2, 0.25) is 0 Å². The van der Waals surface area contributed by atoms with Crippen LogP contribution in [0.4, 0.5) is 11.4 Å². The standard InChI is InChI=1S/C27H32Cl2N4O3/c1-34-24-15-23(19(28)13-20(24)29)32-21-4-7-31-22-14-26(25(35-2)12-18(21)22)36-11-3-10-33-16-27(17-33)5-8-30-9-6-27/h4,7,12-15,30H,3,5-6,8-11,16-17H2,1-2H3,(H,31,32). The Labute approximate surface area is 222 Å². The number of nitrogens with zero attached hydrogens (tertiary/aromatic N) is 2. The quantitative estimate of drug-likeness (QED) is 0.341. The maximum atomic E-state index is 6.42. The number of fused-ring (bicyclic) bond motifs is 1. The predicted octanol–water partition coefficient (Wildman–Crippen LogP) is 5.76. The van der Waals surface area contributed by atoms with Crippen LogP contribution in [0.15, 0.2) is 36.5 Å². The van der Waals surface area contributed by atoms with Crippen LogP contribution < -0.4 is 24.8 Å². The number of hydrogen-bond donors (Lipinski definition) is 2. The van der Waals surface area contributed by atoms with Crippen LogP contribution in [0.1, 0.15) is 19.3 Å². The van der Waals surface area contributed by atoms with Gasteiger partial charge in [-0.2, -0.15) is 0 Å². The highest BCUT2D eigenvalue weighted by Crippen LogP contribution is 2.40. The van der Waals surface area contributed by atoms with Gasteiger partial charge < -0.3 is 29.7 Å². The zero-order chi connectivity index (χ0) is 25.1. The van der Waals surface area contributed by atoms with Gasteiger partial charge in [0.05, 0.1) is 42.1 Å². The van der Waals surface area contributed by atoms with E-state index in [-0.39, 0.29) is 0 Å². The number of likely N-dealkylation sites (tertiary alicyclic amines) is 1. The molecule has 7 nitrogen and oxygen atoms in total. The summed E-state index contributed by atoms with van der Waals surface area (Å²) in [6.45, 7) is 6.44. The summed E-state index contributed by atoms with van der Waals surface area (Å²) in [7, 11) is 3.22. The minimum Gasteiger partial charge on any atom is -0.495 e. The van der Waals surface area contributed by atoms with Gasteiger partial charge in [-0.25, -0.2) is 0 Å². The first-order chi connectivity index (χ1) is 17.5. The number of aromatic nitrogens is 1. The Hall–Kier alpha value is -2.45. The summed E-state index contributed by atoms with van der Waals surface area (Å²) in [6.07, 6.45) is 5.33. The van der Waals surface area contributed by atoms with Crippen LogP contribution in [0.25, 0.3) is 10.9 Å². The second kappa shape index (κ2) is 10.9. The maximum absolute atomic E-state index is 6.42. The third-order valence-electron chi connectivity index (χ3n) is 7.20. The molecule has 5 rings (SSSR count). The van der Waals surface area contributed by atoms with Gasteiger partial charge in [-0.05, 0) is 56.0 Å². The van der Waals surface area contributed by atoms with Crippen molar-refractivity contribution in [3.8, 4) is 17.2 Å². The van der Waals surface area contributed by atoms with Crippen molar-refractivity contribution < 1.29 is 14.2 Å². The normalized spacial score (nSPS) is 17.1. The number of halogens is 2. The van der Waals surface area contributed by atoms with Gasteiger partial charge in [0.25, 0.3) is 0 Å². The number of benzene rings is 2. The number of pyridine rings is 1. The Kier molecular flexibility index (Phi) is 7.62. The molecule has 3 heterocycles. The van der Waals surface area contributed by atoms with Crippen molar-refractivity contribution in [3.05, 3.63) is 46.6 Å². The summed E-state index contributed by atoms with van der Waals surface area (Å²) in [5.41, 5.74) is 2.87. The molecule has 2 saturated heterocycles. The van der Waals surface area contributed by atoms with Crippen LogP contribution in [0.2, 0.25) is 10.0 Å². The third-order valence-corrected chi connectivity index (χ3v) is 7.80. The van der Waals surface area contributed by atoms with E-state index in [1.165, 1.54) is 25.9 Å². The van der Waals surface area contributed by atoms with Gasteiger partial charge in [0.15, 0.2) is 11.5 Å². The zero-order valence-corrected chi connectivity index (χ0v) is 22.2. The van der Waals surface area contributed by atoms with Crippen LogP contribution >= 0.6 is 23.2 Å². The van der Waals surface area contributed by atoms with Crippen molar-refractivity contribution in [3.63, 3.8) is 0 Å². The monoisotopic (exact) mass is 530 g/mol. The van der Waals surface area contributed by atoms with E-state index in [4.69, 9.17) is 37.4 Å². The van der Waals surface area contributed by atoms with Crippen molar-refractivity contribution in [2.45, 2.75) is 19.3 Å². The summed E-state index contributed by atoms with van der Waals surface area (Å²) >= 11 is 12.6. The SMILES string of the molecule is COc1cc(Nc2ccnc3cc(OCCCN4CC5(CCNCC5)C4)c(OC)cc23)c(Cl)cc1Cl. The molecule has 9 heteroatoms. The topological polar surface area (TPSA) is 67.9 Å². The van der Waals surface area contributed by atoms with E-state index in [9.17, 15) is 0 Å². The van der Waals surface area contributed by atoms with E-state index in [1.807, 2.05) is 18.2 Å². The highest BCUT2D eigenvalue weighted by molar-refractivity contribution is 6.37. The Morgan fingerprint density at radius 1 is 0.972 bits per heavy atom. The highest BCUT2D eigenvalue weighted by atomic mass is 35.5. The molecule has 1 spiro atoms. The summed E-state index contributed by atoms with van der Waals surface area (Å²) in [5.74, 6) is 1.90. The molecule has 2 N–H and O–H groups in total. The molecule has 3 aromatic rings. The van der Waals surface area contributed by atoms with Gasteiger partial charge >= 0.3 is 0 Å². The fraction of sp³-hybridized carbons (Fsp3) is 0.444. The molecule has 0 aliphatic carbocycles. The summed E-state index contributed by atoms with van der Waals surface area (Å²) < 4.78 is 17.1. The molecule has 0 saturated carbocycles. The molecule has 1 aromatic heterocycles. The van der Waals surface area contributed by atoms with E-state index in [0.717, 1.165) is 42.6 Å². The highest BCUT2D eigenvalue weighted by Gasteiger charge is 2.42. The molecular weight excluding hydrogens is 499 g/mol. The molecule has 0 unspecified atom stereocenters. The number of methoxy groups -OCH3 is 2. The molecule has 2 aromatic carbocycles. The largest absolute Gasteiger partial charge is 0.495 e. The number of ether oxygens (including phenoxy) is 3. The van der Waals surface area contributed by atoms with E-state index >= 15 is 0 Å². The summed E-state index contributed by atoms with van der Waals surface area (Å²) in [4.78, 5) is 7.09. The second-order valence-electron chi connectivity index (χ2n) is 9.63. The lowest BCUT2D eigenvalue weighted by Crippen LogP contribution is -2.59. The van der Waals surface area contributed by atoms with E-state index in [1.54, 1.807) is 32.5 Å². The van der Waals surface area contributed by atoms with E-state index in [2.05, 4.69) is 20.5 Å². The number of nitrogens with one attached hydrogen (secondary N) is 2. The van der Waals surface area contributed by atoms with Crippen LogP contribution in [-0.4, -0.2) is 63.4 Å². The van der Waals surface area contributed by atoms with Crippen LogP contribution in [0, 0.1) is 5.41 Å². The van der Waals surface area contributed by atoms with Crippen molar-refractivity contribution >= 4 is 45.5 Å². The van der Waals surface area contributed by atoms with E-state index < -0.39 is 0 Å². The van der Waals surface area contributed by atoms with Crippen LogP contribution in [0.3, 0.4) is 0 Å². The maximum Gasteiger partial charge on any atom is 0.163 e. The molecule has 2 aliphatic rings. The lowest BCUT2D eigenvalue weighted by Gasteiger charge is -2.52. The molecule has 36 heavy (non-hydrogen) atoms. The number of anilines is 2. The number of rotatable bonds is 9. The first-order valence-corrected chi connectivity index (χ1v) is 13.1. The summed E-state index contributed by atoms with van der Waals surface area (Å²) in [5, 5.41) is 8.67. The fourth-order valence-corrected chi connectivity index (χ4v) is 5.77. The van der Waals surface area contributed by atoms with Gasteiger partial charge in [0.1, 0.15) is 5.75 Å². The van der Waals surface area contributed by atoms with Gasteiger partial charge in [-0.1, -0.05) is 23.2 Å². The minimum absolute atomic E-state index is 0.455. The molecule has 0 atom stereocenters. The molecule has 0 amide bonds. The lowest BCUT2D eigenvalue weighted by molar-refractivity contribution is -0.0246. The van der Waals surface area contributed by atoms with E-state index in [0.29, 0.717) is 45.0 Å². The molecule has 0 bridgehead atoms. The molecular formula is C27H32Cl2N4O3. The average molecular weight is 531 g/mol. The van der Waals surface area contributed by atoms with Crippen LogP contribution in [-0.2, 0) is 0 Å². The number of hydrogen-bond acceptors (Lipinski definition) is 7. The Morgan fingerprint density at radius 3 is 2.50 bits per heavy atom. The molecule has 2 fully saturated rings. The first kappa shape index (κ1) is 25.2. The Bertz CT molecular complexity index is 1230. The van der Waals surface area contributed by atoms with Gasteiger partial charge in [0, 0.05) is 49.0 Å². The molecule has 192 valence electrons. The van der Waals surface area contributed by atoms with Crippen LogP contribution in [0.5, 0.6) is 17.2 Å². The first-order valence-electron chi connectivity index (χ1n) is 12.3. The fourth-order valence-electron chi connectivity index (χ4n) is 5.27. The number of piperidine rings is 1. The molecule has 0 radical (unpaired) electrons. The Morgan fingerprint density at radius 2 is 1.75 bits per heavy atom. The van der Waals surface area contributed by atoms with Crippen molar-refractivity contribution in [1.29, 1.82) is 0 Å². The zero-order valence-electron chi connectivity index (χ0n) is 20.7. The van der Waals surface area contributed by atoms with Crippen molar-refractivity contribution in [2.24, 2.45) is 5.41 Å². The lowest BCUT2D eigenvalue weighted by atomic mass is 9.72. The second-order valence-corrected chi connectivity index (χ2v) is 10.4. The van der Waals surface area contributed by atoms with Crippen molar-refractivity contribution in [1.82, 2.24) is 15.2 Å². The smallest absolute Gasteiger partial charge is 0.163 e. The Balaban J connectivity index is 1.25. The summed E-state index contributed by atoms with van der Waals surface area (Å²) in [6, 6.07) is 9.19. The van der Waals surface area contributed by atoms with Gasteiger partial charge in [-0.3, -0.25) is 4.98 Å². The molecule has 2 aliphatic heterocycles. The minimum atomic E-state index is 0.455.